The summed E-state index contributed by atoms with van der Waals surface area (Å²) in [5.74, 6) is 1.66. The number of hydrogen-bond acceptors (Lipinski definition) is 3. The van der Waals surface area contributed by atoms with Gasteiger partial charge in [-0.25, -0.2) is 0 Å². The van der Waals surface area contributed by atoms with Crippen LogP contribution in [0.2, 0.25) is 0 Å². The summed E-state index contributed by atoms with van der Waals surface area (Å²) >= 11 is 1.90. The van der Waals surface area contributed by atoms with Gasteiger partial charge in [0.25, 0.3) is 0 Å². The molecular weight excluding hydrogens is 891 g/mol. The van der Waals surface area contributed by atoms with Crippen molar-refractivity contribution < 1.29 is 4.74 Å². The first-order valence-electron chi connectivity index (χ1n) is 24.9. The molecule has 72 heavy (non-hydrogen) atoms. The van der Waals surface area contributed by atoms with Crippen molar-refractivity contribution in [1.29, 1.82) is 0 Å². The molecule has 2 aliphatic rings. The first kappa shape index (κ1) is 41.1. The van der Waals surface area contributed by atoms with Crippen molar-refractivity contribution in [3.05, 3.63) is 248 Å². The number of hydrogen-bond donors (Lipinski definition) is 0. The minimum Gasteiger partial charge on any atom is -0.454 e. The fraction of sp³-hybridized carbons (Fsp3) is 0.0435. The number of anilines is 3. The van der Waals surface area contributed by atoms with Crippen molar-refractivity contribution in [2.75, 3.05) is 4.90 Å². The third kappa shape index (κ3) is 5.95. The fourth-order valence-corrected chi connectivity index (χ4v) is 13.6. The first-order chi connectivity index (χ1) is 35.5. The molecule has 0 N–H and O–H groups in total. The average Bonchev–Trinajstić information content (AvgIpc) is 3.87. The predicted octanol–water partition coefficient (Wildman–Crippen LogP) is 20.2. The number of fused-ring (bicyclic) bond motifs is 22. The zero-order chi connectivity index (χ0) is 47.7. The quantitative estimate of drug-likeness (QED) is 0.175. The summed E-state index contributed by atoms with van der Waals surface area (Å²) in [7, 11) is 0. The molecule has 1 aliphatic carbocycles. The third-order valence-corrected chi connectivity index (χ3v) is 16.9. The van der Waals surface area contributed by atoms with Crippen molar-refractivity contribution >= 4 is 102 Å². The summed E-state index contributed by atoms with van der Waals surface area (Å²) in [4.78, 5) is 2.45. The standard InChI is InChI=1S/C69H45NOS/c1-69(2)61-30-14-11-25-52(61)53-37-35-43(41-62(53)69)70(63-31-17-29-58-49-23-7-6-21-47(49)54-26-12-15-32-64(54)71-67(58)63)42-34-36-51-57-38-39-59-55-27-13-16-33-65(55)72-68(59)66(57)56-28-10-9-22-48(56)45-19-4-3-18-44(45)46-20-5-8-24-50(46)60(51)40-42/h3-41H,1-2H3. The number of ether oxygens (including phenoxy) is 1. The number of rotatable bonds is 3. The second-order valence-electron chi connectivity index (χ2n) is 19.9. The maximum atomic E-state index is 7.30. The molecule has 0 spiro atoms. The SMILES string of the molecule is CC1(C)c2ccccc2-c2ccc(N(c3ccc4c(c3)c3ccccc3c3ccccc3c3ccccc3c3c4ccc4c5ccccc5sc43)c3cccc4c3Oc3ccccc3-c3ccccc3-4)cc21. The van der Waals surface area contributed by atoms with E-state index in [0.717, 1.165) is 56.2 Å². The Morgan fingerprint density at radius 2 is 0.833 bits per heavy atom. The zero-order valence-electron chi connectivity index (χ0n) is 39.8. The van der Waals surface area contributed by atoms with Gasteiger partial charge in [-0.2, -0.15) is 0 Å². The maximum Gasteiger partial charge on any atom is 0.159 e. The summed E-state index contributed by atoms with van der Waals surface area (Å²) in [6, 6.07) is 87.7. The molecule has 338 valence electrons. The van der Waals surface area contributed by atoms with Crippen LogP contribution in [0.1, 0.15) is 25.0 Å². The van der Waals surface area contributed by atoms with Crippen LogP contribution in [0.3, 0.4) is 0 Å². The number of thiophene rings is 1. The van der Waals surface area contributed by atoms with E-state index in [-0.39, 0.29) is 5.41 Å². The molecule has 0 fully saturated rings. The van der Waals surface area contributed by atoms with E-state index in [0.29, 0.717) is 0 Å². The Kier molecular flexibility index (Phi) is 8.91. The second kappa shape index (κ2) is 15.6. The number of para-hydroxylation sites is 2. The minimum absolute atomic E-state index is 0.206. The largest absolute Gasteiger partial charge is 0.454 e. The van der Waals surface area contributed by atoms with Gasteiger partial charge >= 0.3 is 0 Å². The smallest absolute Gasteiger partial charge is 0.159 e. The van der Waals surface area contributed by atoms with Crippen LogP contribution in [0.5, 0.6) is 11.5 Å². The van der Waals surface area contributed by atoms with Crippen LogP contribution < -0.4 is 9.64 Å². The Hall–Kier alpha value is -8.76. The van der Waals surface area contributed by atoms with E-state index in [1.165, 1.54) is 90.9 Å². The molecule has 15 rings (SSSR count). The second-order valence-corrected chi connectivity index (χ2v) is 20.9. The highest BCUT2D eigenvalue weighted by molar-refractivity contribution is 7.26. The number of benzene rings is 11. The summed E-state index contributed by atoms with van der Waals surface area (Å²) in [6.45, 7) is 4.73. The molecule has 0 saturated carbocycles. The van der Waals surface area contributed by atoms with Crippen molar-refractivity contribution in [2.45, 2.75) is 19.3 Å². The Morgan fingerprint density at radius 1 is 0.347 bits per heavy atom. The summed E-state index contributed by atoms with van der Waals surface area (Å²) in [6.07, 6.45) is 0. The van der Waals surface area contributed by atoms with Crippen molar-refractivity contribution in [3.63, 3.8) is 0 Å². The van der Waals surface area contributed by atoms with E-state index < -0.39 is 0 Å². The highest BCUT2D eigenvalue weighted by atomic mass is 32.1. The zero-order valence-corrected chi connectivity index (χ0v) is 40.6. The van der Waals surface area contributed by atoms with E-state index in [4.69, 9.17) is 4.74 Å². The fourth-order valence-electron chi connectivity index (χ4n) is 12.4. The van der Waals surface area contributed by atoms with E-state index in [9.17, 15) is 0 Å². The van der Waals surface area contributed by atoms with Crippen LogP contribution in [0.25, 0.3) is 107 Å². The predicted molar refractivity (Wildman–Crippen MR) is 308 cm³/mol. The molecule has 1 aromatic heterocycles. The van der Waals surface area contributed by atoms with Crippen LogP contribution in [0.4, 0.5) is 17.1 Å². The lowest BCUT2D eigenvalue weighted by Gasteiger charge is -2.30. The van der Waals surface area contributed by atoms with Crippen molar-refractivity contribution in [3.8, 4) is 44.9 Å². The summed E-state index contributed by atoms with van der Waals surface area (Å²) in [5, 5.41) is 14.7. The van der Waals surface area contributed by atoms with Crippen LogP contribution in [-0.2, 0) is 5.41 Å². The average molecular weight is 936 g/mol. The van der Waals surface area contributed by atoms with Crippen LogP contribution in [0, 0.1) is 0 Å². The van der Waals surface area contributed by atoms with Gasteiger partial charge in [0.2, 0.25) is 0 Å². The van der Waals surface area contributed by atoms with Gasteiger partial charge in [0.15, 0.2) is 5.75 Å². The topological polar surface area (TPSA) is 12.5 Å². The van der Waals surface area contributed by atoms with Crippen molar-refractivity contribution in [2.24, 2.45) is 0 Å². The van der Waals surface area contributed by atoms with Gasteiger partial charge in [-0.05, 0) is 124 Å². The van der Waals surface area contributed by atoms with E-state index in [1.54, 1.807) is 0 Å². The van der Waals surface area contributed by atoms with Crippen LogP contribution >= 0.6 is 11.3 Å². The third-order valence-electron chi connectivity index (χ3n) is 15.7. The summed E-state index contributed by atoms with van der Waals surface area (Å²) < 4.78 is 9.90. The Balaban J connectivity index is 1.10. The molecule has 0 unspecified atom stereocenters. The molecule has 0 bridgehead atoms. The lowest BCUT2D eigenvalue weighted by atomic mass is 9.82. The van der Waals surface area contributed by atoms with Gasteiger partial charge in [-0.3, -0.25) is 0 Å². The van der Waals surface area contributed by atoms with Crippen molar-refractivity contribution in [1.82, 2.24) is 0 Å². The van der Waals surface area contributed by atoms with E-state index in [1.807, 2.05) is 11.3 Å². The van der Waals surface area contributed by atoms with Gasteiger partial charge < -0.3 is 9.64 Å². The van der Waals surface area contributed by atoms with E-state index in [2.05, 4.69) is 255 Å². The van der Waals surface area contributed by atoms with Crippen LogP contribution in [-0.4, -0.2) is 0 Å². The maximum absolute atomic E-state index is 7.30. The molecular formula is C69H45NOS. The highest BCUT2D eigenvalue weighted by Gasteiger charge is 2.36. The molecule has 12 aromatic carbocycles. The van der Waals surface area contributed by atoms with Crippen LogP contribution in [0.15, 0.2) is 237 Å². The monoisotopic (exact) mass is 935 g/mol. The van der Waals surface area contributed by atoms with Gasteiger partial charge in [0.05, 0.1) is 5.69 Å². The highest BCUT2D eigenvalue weighted by Crippen LogP contribution is 2.55. The Bertz CT molecular complexity index is 4540. The van der Waals surface area contributed by atoms with Gasteiger partial charge in [0, 0.05) is 53.5 Å². The molecule has 0 saturated heterocycles. The number of nitrogens with zero attached hydrogens (tertiary/aromatic N) is 1. The molecule has 0 radical (unpaired) electrons. The molecule has 1 aliphatic heterocycles. The summed E-state index contributed by atoms with van der Waals surface area (Å²) in [5.41, 5.74) is 12.6. The normalized spacial score (nSPS) is 13.1. The molecule has 2 nitrogen and oxygen atoms in total. The minimum atomic E-state index is -0.206. The molecule has 13 aromatic rings. The molecule has 2 heterocycles. The van der Waals surface area contributed by atoms with E-state index >= 15 is 0 Å². The van der Waals surface area contributed by atoms with Gasteiger partial charge in [0.1, 0.15) is 5.75 Å². The van der Waals surface area contributed by atoms with Gasteiger partial charge in [-0.1, -0.05) is 208 Å². The first-order valence-corrected chi connectivity index (χ1v) is 25.7. The Morgan fingerprint density at radius 3 is 1.58 bits per heavy atom. The molecule has 3 heteroatoms. The lowest BCUT2D eigenvalue weighted by Crippen LogP contribution is -2.17. The van der Waals surface area contributed by atoms with Gasteiger partial charge in [-0.15, -0.1) is 11.3 Å². The molecule has 0 atom stereocenters. The Labute approximate surface area is 421 Å². The molecule has 0 amide bonds. The lowest BCUT2D eigenvalue weighted by molar-refractivity contribution is 0.489.